The summed E-state index contributed by atoms with van der Waals surface area (Å²) in [5, 5.41) is 9.77. The summed E-state index contributed by atoms with van der Waals surface area (Å²) < 4.78 is 0. The molecule has 3 heteroatoms. The molecule has 11 heavy (non-hydrogen) atoms. The van der Waals surface area contributed by atoms with E-state index in [1.165, 1.54) is 6.07 Å². The van der Waals surface area contributed by atoms with Crippen molar-refractivity contribution >= 4 is 23.5 Å². The average molecular weight is 170 g/mol. The van der Waals surface area contributed by atoms with Crippen molar-refractivity contribution in [2.24, 2.45) is 4.99 Å². The number of aliphatic imine (C=N–C) groups is 1. The second-order valence-corrected chi connectivity index (χ2v) is 2.46. The smallest absolute Gasteiger partial charge is 0.141 e. The third-order valence-corrected chi connectivity index (χ3v) is 1.44. The predicted octanol–water partition coefficient (Wildman–Crippen LogP) is 2.77. The van der Waals surface area contributed by atoms with Crippen LogP contribution < -0.4 is 0 Å². The van der Waals surface area contributed by atoms with Gasteiger partial charge in [-0.05, 0) is 25.1 Å². The summed E-state index contributed by atoms with van der Waals surface area (Å²) >= 11 is 5.67. The number of nitrogens with zero attached hydrogens (tertiary/aromatic N) is 1. The van der Waals surface area contributed by atoms with E-state index in [-0.39, 0.29) is 5.75 Å². The van der Waals surface area contributed by atoms with E-state index in [1.54, 1.807) is 25.3 Å². The number of aromatic hydroxyl groups is 1. The summed E-state index contributed by atoms with van der Waals surface area (Å²) in [4.78, 5) is 3.91. The van der Waals surface area contributed by atoms with Gasteiger partial charge in [0.15, 0.2) is 0 Å². The van der Waals surface area contributed by atoms with Gasteiger partial charge in [-0.2, -0.15) is 0 Å². The Morgan fingerprint density at radius 1 is 1.55 bits per heavy atom. The molecule has 0 saturated heterocycles. The van der Waals surface area contributed by atoms with Crippen molar-refractivity contribution in [1.29, 1.82) is 0 Å². The minimum atomic E-state index is 0.146. The molecule has 0 heterocycles. The number of phenolic OH excluding ortho intramolecular Hbond substituents is 1. The van der Waals surface area contributed by atoms with Crippen LogP contribution in [0, 0.1) is 0 Å². The molecular formula is C8H8ClNO. The molecule has 1 aromatic rings. The Morgan fingerprint density at radius 3 is 2.91 bits per heavy atom. The second kappa shape index (κ2) is 3.39. The van der Waals surface area contributed by atoms with Crippen molar-refractivity contribution in [1.82, 2.24) is 0 Å². The summed E-state index contributed by atoms with van der Waals surface area (Å²) in [6, 6.07) is 4.74. The van der Waals surface area contributed by atoms with Gasteiger partial charge in [-0.1, -0.05) is 11.6 Å². The van der Waals surface area contributed by atoms with Gasteiger partial charge in [0.1, 0.15) is 11.4 Å². The third kappa shape index (κ3) is 1.95. The molecule has 0 aromatic heterocycles. The molecule has 0 fully saturated rings. The van der Waals surface area contributed by atoms with E-state index in [9.17, 15) is 5.11 Å². The van der Waals surface area contributed by atoms with Crippen LogP contribution in [0.1, 0.15) is 6.92 Å². The van der Waals surface area contributed by atoms with Crippen LogP contribution in [0.2, 0.25) is 5.02 Å². The summed E-state index contributed by atoms with van der Waals surface area (Å²) in [6.07, 6.45) is 1.60. The van der Waals surface area contributed by atoms with Crippen LogP contribution in [0.25, 0.3) is 0 Å². The number of halogens is 1. The van der Waals surface area contributed by atoms with E-state index in [0.29, 0.717) is 10.7 Å². The van der Waals surface area contributed by atoms with Gasteiger partial charge in [-0.25, -0.2) is 0 Å². The second-order valence-electron chi connectivity index (χ2n) is 2.02. The van der Waals surface area contributed by atoms with Gasteiger partial charge in [0.2, 0.25) is 0 Å². The Kier molecular flexibility index (Phi) is 2.49. The molecule has 0 unspecified atom stereocenters. The maximum absolute atomic E-state index is 9.19. The molecule has 0 aliphatic heterocycles. The third-order valence-electron chi connectivity index (χ3n) is 1.21. The zero-order valence-electron chi connectivity index (χ0n) is 6.08. The van der Waals surface area contributed by atoms with E-state index in [1.807, 2.05) is 0 Å². The van der Waals surface area contributed by atoms with Crippen LogP contribution in [-0.4, -0.2) is 11.3 Å². The molecule has 0 radical (unpaired) electrons. The van der Waals surface area contributed by atoms with E-state index in [2.05, 4.69) is 4.99 Å². The molecule has 1 rings (SSSR count). The van der Waals surface area contributed by atoms with Crippen LogP contribution in [-0.2, 0) is 0 Å². The van der Waals surface area contributed by atoms with E-state index in [4.69, 9.17) is 11.6 Å². The standard InChI is InChI=1S/C8H8ClNO/c1-2-10-7-5-6(9)3-4-8(7)11/h2-5,11H,1H3. The fourth-order valence-electron chi connectivity index (χ4n) is 0.739. The summed E-state index contributed by atoms with van der Waals surface area (Å²) in [5.41, 5.74) is 0.500. The quantitative estimate of drug-likeness (QED) is 0.645. The number of benzene rings is 1. The highest BCUT2D eigenvalue weighted by molar-refractivity contribution is 6.30. The molecule has 0 spiro atoms. The molecule has 58 valence electrons. The van der Waals surface area contributed by atoms with Crippen molar-refractivity contribution < 1.29 is 5.11 Å². The lowest BCUT2D eigenvalue weighted by Gasteiger charge is -1.97. The fraction of sp³-hybridized carbons (Fsp3) is 0.125. The average Bonchev–Trinajstić information content (AvgIpc) is 1.98. The van der Waals surface area contributed by atoms with Gasteiger partial charge < -0.3 is 5.11 Å². The Labute approximate surface area is 70.2 Å². The Hall–Kier alpha value is -1.02. The van der Waals surface area contributed by atoms with Gasteiger partial charge in [0.25, 0.3) is 0 Å². The van der Waals surface area contributed by atoms with Crippen LogP contribution in [0.5, 0.6) is 5.75 Å². The minimum Gasteiger partial charge on any atom is -0.506 e. The molecule has 0 bridgehead atoms. The molecular weight excluding hydrogens is 162 g/mol. The zero-order chi connectivity index (χ0) is 8.27. The van der Waals surface area contributed by atoms with Crippen molar-refractivity contribution in [3.63, 3.8) is 0 Å². The van der Waals surface area contributed by atoms with Gasteiger partial charge in [0.05, 0.1) is 0 Å². The first-order valence-electron chi connectivity index (χ1n) is 3.21. The zero-order valence-corrected chi connectivity index (χ0v) is 6.84. The maximum atomic E-state index is 9.19. The van der Waals surface area contributed by atoms with Crippen molar-refractivity contribution in [3.8, 4) is 5.75 Å². The molecule has 2 nitrogen and oxygen atoms in total. The summed E-state index contributed by atoms with van der Waals surface area (Å²) in [7, 11) is 0. The van der Waals surface area contributed by atoms with Gasteiger partial charge in [-0.15, -0.1) is 0 Å². The molecule has 0 aliphatic rings. The van der Waals surface area contributed by atoms with Crippen molar-refractivity contribution in [2.45, 2.75) is 6.92 Å². The Morgan fingerprint density at radius 2 is 2.27 bits per heavy atom. The van der Waals surface area contributed by atoms with Gasteiger partial charge in [0, 0.05) is 11.2 Å². The lowest BCUT2D eigenvalue weighted by atomic mass is 10.3. The predicted molar refractivity (Wildman–Crippen MR) is 46.9 cm³/mol. The highest BCUT2D eigenvalue weighted by Crippen LogP contribution is 2.28. The largest absolute Gasteiger partial charge is 0.506 e. The minimum absolute atomic E-state index is 0.146. The lowest BCUT2D eigenvalue weighted by molar-refractivity contribution is 0.477. The molecule has 1 aromatic carbocycles. The lowest BCUT2D eigenvalue weighted by Crippen LogP contribution is -1.69. The number of phenols is 1. The monoisotopic (exact) mass is 169 g/mol. The van der Waals surface area contributed by atoms with Crippen LogP contribution >= 0.6 is 11.6 Å². The van der Waals surface area contributed by atoms with E-state index >= 15 is 0 Å². The Bertz CT molecular complexity index is 283. The van der Waals surface area contributed by atoms with Crippen LogP contribution in [0.15, 0.2) is 23.2 Å². The first-order chi connectivity index (χ1) is 5.24. The van der Waals surface area contributed by atoms with E-state index < -0.39 is 0 Å². The topological polar surface area (TPSA) is 32.6 Å². The Balaban J connectivity index is 3.12. The molecule has 0 saturated carbocycles. The summed E-state index contributed by atoms with van der Waals surface area (Å²) in [5.74, 6) is 0.146. The molecule has 0 atom stereocenters. The van der Waals surface area contributed by atoms with Crippen molar-refractivity contribution in [3.05, 3.63) is 23.2 Å². The normalized spacial score (nSPS) is 10.7. The van der Waals surface area contributed by atoms with Crippen LogP contribution in [0.4, 0.5) is 5.69 Å². The number of rotatable bonds is 1. The van der Waals surface area contributed by atoms with E-state index in [0.717, 1.165) is 0 Å². The first kappa shape index (κ1) is 8.08. The van der Waals surface area contributed by atoms with Crippen LogP contribution in [0.3, 0.4) is 0 Å². The fourth-order valence-corrected chi connectivity index (χ4v) is 0.905. The van der Waals surface area contributed by atoms with Gasteiger partial charge >= 0.3 is 0 Å². The highest BCUT2D eigenvalue weighted by Gasteiger charge is 1.97. The molecule has 0 aliphatic carbocycles. The summed E-state index contributed by atoms with van der Waals surface area (Å²) in [6.45, 7) is 1.78. The first-order valence-corrected chi connectivity index (χ1v) is 3.59. The maximum Gasteiger partial charge on any atom is 0.141 e. The number of hydrogen-bond acceptors (Lipinski definition) is 2. The van der Waals surface area contributed by atoms with Crippen molar-refractivity contribution in [2.75, 3.05) is 0 Å². The highest BCUT2D eigenvalue weighted by atomic mass is 35.5. The molecule has 0 amide bonds. The van der Waals surface area contributed by atoms with Gasteiger partial charge in [-0.3, -0.25) is 4.99 Å². The SMILES string of the molecule is CC=Nc1cc(Cl)ccc1O. The number of hydrogen-bond donors (Lipinski definition) is 1. The molecule has 1 N–H and O–H groups in total.